The summed E-state index contributed by atoms with van der Waals surface area (Å²) in [7, 11) is 0. The van der Waals surface area contributed by atoms with Crippen LogP contribution in [-0.2, 0) is 0 Å². The topological polar surface area (TPSA) is 38.4 Å². The smallest absolute Gasteiger partial charge is 0.227 e. The van der Waals surface area contributed by atoms with Gasteiger partial charge in [-0.2, -0.15) is 0 Å². The Bertz CT molecular complexity index is 1190. The van der Waals surface area contributed by atoms with Crippen molar-refractivity contribution in [2.75, 3.05) is 0 Å². The van der Waals surface area contributed by atoms with Crippen LogP contribution in [0.1, 0.15) is 16.7 Å². The summed E-state index contributed by atoms with van der Waals surface area (Å²) in [5, 5.41) is 0.729. The van der Waals surface area contributed by atoms with E-state index in [1.54, 1.807) is 6.21 Å². The van der Waals surface area contributed by atoms with Crippen molar-refractivity contribution >= 4 is 40.7 Å². The molecule has 4 rings (SSSR count). The highest BCUT2D eigenvalue weighted by molar-refractivity contribution is 6.30. The third-order valence-electron chi connectivity index (χ3n) is 4.46. The Hall–Kier alpha value is -3.17. The van der Waals surface area contributed by atoms with E-state index in [2.05, 4.69) is 9.98 Å². The normalized spacial score (nSPS) is 11.8. The Balaban J connectivity index is 1.58. The Kier molecular flexibility index (Phi) is 5.09. The van der Waals surface area contributed by atoms with Gasteiger partial charge >= 0.3 is 0 Å². The van der Waals surface area contributed by atoms with Gasteiger partial charge in [0.15, 0.2) is 5.58 Å². The van der Waals surface area contributed by atoms with Gasteiger partial charge in [-0.05, 0) is 73.0 Å². The lowest BCUT2D eigenvalue weighted by atomic mass is 10.1. The van der Waals surface area contributed by atoms with Crippen LogP contribution < -0.4 is 0 Å². The third kappa shape index (κ3) is 4.05. The Morgan fingerprint density at radius 2 is 1.79 bits per heavy atom. The maximum absolute atomic E-state index is 5.94. The second kappa shape index (κ2) is 7.83. The summed E-state index contributed by atoms with van der Waals surface area (Å²) in [5.74, 6) is 0.605. The molecule has 0 aliphatic rings. The molecule has 0 saturated heterocycles. The fraction of sp³-hybridized carbons (Fsp3) is 0.0833. The summed E-state index contributed by atoms with van der Waals surface area (Å²) in [5.41, 5.74) is 6.76. The summed E-state index contributed by atoms with van der Waals surface area (Å²) in [6, 6.07) is 19.7. The number of fused-ring (bicyclic) bond motifs is 1. The number of rotatable bonds is 4. The number of oxazole rings is 1. The molecule has 0 spiro atoms. The number of aliphatic imine (C=N–C) groups is 1. The van der Waals surface area contributed by atoms with Crippen LogP contribution in [0.15, 0.2) is 76.1 Å². The van der Waals surface area contributed by atoms with Gasteiger partial charge in [0.05, 0.1) is 5.69 Å². The molecule has 4 aromatic rings. The Labute approximate surface area is 169 Å². The molecule has 0 radical (unpaired) electrons. The molecule has 1 heterocycles. The van der Waals surface area contributed by atoms with E-state index in [1.807, 2.05) is 86.7 Å². The number of aryl methyl sites for hydroxylation is 2. The SMILES string of the molecule is Cc1ccc2nc(-c3ccc(C)c(N=CC=Cc4ccc(Cl)cc4)c3)oc2c1. The average Bonchev–Trinajstić information content (AvgIpc) is 3.11. The van der Waals surface area contributed by atoms with Crippen LogP contribution in [0, 0.1) is 13.8 Å². The highest BCUT2D eigenvalue weighted by Crippen LogP contribution is 2.29. The molecule has 1 aromatic heterocycles. The van der Waals surface area contributed by atoms with Crippen molar-refractivity contribution in [3.05, 3.63) is 88.5 Å². The second-order valence-electron chi connectivity index (χ2n) is 6.68. The second-order valence-corrected chi connectivity index (χ2v) is 7.12. The minimum atomic E-state index is 0.605. The van der Waals surface area contributed by atoms with Gasteiger partial charge in [0.25, 0.3) is 0 Å². The zero-order valence-corrected chi connectivity index (χ0v) is 16.4. The molecule has 0 bridgehead atoms. The van der Waals surface area contributed by atoms with Crippen molar-refractivity contribution in [1.29, 1.82) is 0 Å². The van der Waals surface area contributed by atoms with Gasteiger partial charge in [-0.3, -0.25) is 4.99 Å². The van der Waals surface area contributed by atoms with E-state index < -0.39 is 0 Å². The van der Waals surface area contributed by atoms with Gasteiger partial charge in [0.2, 0.25) is 5.89 Å². The standard InChI is InChI=1S/C24H19ClN2O/c1-16-5-12-21-23(14-16)28-24(27-21)19-9-6-17(2)22(15-19)26-13-3-4-18-7-10-20(25)11-8-18/h3-15H,1-2H3. The van der Waals surface area contributed by atoms with Gasteiger partial charge in [-0.1, -0.05) is 41.9 Å². The van der Waals surface area contributed by atoms with Gasteiger partial charge in [0, 0.05) is 16.8 Å². The number of halogens is 1. The molecule has 0 amide bonds. The van der Waals surface area contributed by atoms with Crippen LogP contribution in [0.25, 0.3) is 28.6 Å². The molecule has 28 heavy (non-hydrogen) atoms. The monoisotopic (exact) mass is 386 g/mol. The zero-order chi connectivity index (χ0) is 19.5. The van der Waals surface area contributed by atoms with Crippen LogP contribution in [0.3, 0.4) is 0 Å². The first kappa shape index (κ1) is 18.2. The zero-order valence-electron chi connectivity index (χ0n) is 15.7. The van der Waals surface area contributed by atoms with E-state index in [-0.39, 0.29) is 0 Å². The average molecular weight is 387 g/mol. The number of nitrogens with zero attached hydrogens (tertiary/aromatic N) is 2. The maximum Gasteiger partial charge on any atom is 0.227 e. The van der Waals surface area contributed by atoms with Crippen molar-refractivity contribution in [2.45, 2.75) is 13.8 Å². The molecular formula is C24H19ClN2O. The third-order valence-corrected chi connectivity index (χ3v) is 4.71. The molecule has 0 atom stereocenters. The lowest BCUT2D eigenvalue weighted by Crippen LogP contribution is -1.81. The van der Waals surface area contributed by atoms with Gasteiger partial charge in [-0.15, -0.1) is 0 Å². The fourth-order valence-electron chi connectivity index (χ4n) is 2.89. The van der Waals surface area contributed by atoms with E-state index in [9.17, 15) is 0 Å². The van der Waals surface area contributed by atoms with E-state index in [0.29, 0.717) is 5.89 Å². The van der Waals surface area contributed by atoms with Crippen LogP contribution in [0.4, 0.5) is 5.69 Å². The fourth-order valence-corrected chi connectivity index (χ4v) is 3.01. The minimum Gasteiger partial charge on any atom is -0.436 e. The van der Waals surface area contributed by atoms with Gasteiger partial charge < -0.3 is 4.42 Å². The highest BCUT2D eigenvalue weighted by Gasteiger charge is 2.09. The number of benzene rings is 3. The van der Waals surface area contributed by atoms with Gasteiger partial charge in [0.1, 0.15) is 5.52 Å². The van der Waals surface area contributed by atoms with Crippen molar-refractivity contribution < 1.29 is 4.42 Å². The maximum atomic E-state index is 5.94. The molecule has 0 saturated carbocycles. The summed E-state index contributed by atoms with van der Waals surface area (Å²) >= 11 is 5.91. The first-order chi connectivity index (χ1) is 13.6. The van der Waals surface area contributed by atoms with E-state index in [1.165, 1.54) is 0 Å². The number of hydrogen-bond acceptors (Lipinski definition) is 3. The molecule has 3 nitrogen and oxygen atoms in total. The predicted octanol–water partition coefficient (Wildman–Crippen LogP) is 7.18. The molecule has 0 fully saturated rings. The molecule has 0 N–H and O–H groups in total. The molecule has 138 valence electrons. The molecule has 0 unspecified atom stereocenters. The summed E-state index contributed by atoms with van der Waals surface area (Å²) in [4.78, 5) is 9.18. The first-order valence-electron chi connectivity index (χ1n) is 9.03. The Morgan fingerprint density at radius 3 is 2.61 bits per heavy atom. The number of aromatic nitrogens is 1. The molecule has 0 aliphatic carbocycles. The largest absolute Gasteiger partial charge is 0.436 e. The van der Waals surface area contributed by atoms with E-state index >= 15 is 0 Å². The Morgan fingerprint density at radius 1 is 0.964 bits per heavy atom. The van der Waals surface area contributed by atoms with Crippen molar-refractivity contribution in [3.63, 3.8) is 0 Å². The predicted molar refractivity (Wildman–Crippen MR) is 118 cm³/mol. The van der Waals surface area contributed by atoms with Gasteiger partial charge in [-0.25, -0.2) is 4.98 Å². The molecule has 0 aliphatic heterocycles. The minimum absolute atomic E-state index is 0.605. The summed E-state index contributed by atoms with van der Waals surface area (Å²) < 4.78 is 5.94. The van der Waals surface area contributed by atoms with Crippen LogP contribution in [0.5, 0.6) is 0 Å². The summed E-state index contributed by atoms with van der Waals surface area (Å²) in [6.07, 6.45) is 5.69. The van der Waals surface area contributed by atoms with Crippen molar-refractivity contribution in [3.8, 4) is 11.5 Å². The molecule has 3 aromatic carbocycles. The quantitative estimate of drug-likeness (QED) is 0.348. The van der Waals surface area contributed by atoms with Crippen LogP contribution in [0.2, 0.25) is 5.02 Å². The van der Waals surface area contributed by atoms with E-state index in [4.69, 9.17) is 16.0 Å². The molecular weight excluding hydrogens is 368 g/mol. The van der Waals surface area contributed by atoms with Crippen molar-refractivity contribution in [1.82, 2.24) is 4.98 Å². The number of hydrogen-bond donors (Lipinski definition) is 0. The van der Waals surface area contributed by atoms with Crippen LogP contribution >= 0.6 is 11.6 Å². The highest BCUT2D eigenvalue weighted by atomic mass is 35.5. The lowest BCUT2D eigenvalue weighted by Gasteiger charge is -2.02. The van der Waals surface area contributed by atoms with E-state index in [0.717, 1.165) is 44.1 Å². The molecule has 4 heteroatoms. The van der Waals surface area contributed by atoms with Crippen LogP contribution in [-0.4, -0.2) is 11.2 Å². The van der Waals surface area contributed by atoms with Crippen molar-refractivity contribution in [2.24, 2.45) is 4.99 Å². The summed E-state index contributed by atoms with van der Waals surface area (Å²) in [6.45, 7) is 4.08. The number of allylic oxidation sites excluding steroid dienone is 1. The first-order valence-corrected chi connectivity index (χ1v) is 9.41. The lowest BCUT2D eigenvalue weighted by molar-refractivity contribution is 0.619.